The van der Waals surface area contributed by atoms with Crippen LogP contribution in [0.4, 0.5) is 17.6 Å². The van der Waals surface area contributed by atoms with Gasteiger partial charge in [0.1, 0.15) is 0 Å². The lowest BCUT2D eigenvalue weighted by atomic mass is 10.4. The third-order valence-corrected chi connectivity index (χ3v) is 1.82. The zero-order valence-electron chi connectivity index (χ0n) is 5.41. The molecule has 0 amide bonds. The second-order valence-electron chi connectivity index (χ2n) is 1.70. The van der Waals surface area contributed by atoms with Crippen LogP contribution in [0.25, 0.3) is 0 Å². The number of halogens is 4. The summed E-state index contributed by atoms with van der Waals surface area (Å²) in [4.78, 5) is 0. The third-order valence-electron chi connectivity index (χ3n) is 0.818. The van der Waals surface area contributed by atoms with E-state index in [4.69, 9.17) is 0 Å². The number of hydrogen-bond donors (Lipinski definition) is 0. The van der Waals surface area contributed by atoms with Gasteiger partial charge in [-0.05, 0) is 5.75 Å². The molecule has 0 rings (SSSR count). The third kappa shape index (κ3) is 3.29. The minimum absolute atomic E-state index is 0.433. The predicted molar refractivity (Wildman–Crippen MR) is 34.0 cm³/mol. The van der Waals surface area contributed by atoms with Gasteiger partial charge in [0.2, 0.25) is 0 Å². The molecule has 0 aliphatic carbocycles. The van der Waals surface area contributed by atoms with Crippen molar-refractivity contribution in [3.05, 3.63) is 0 Å². The first kappa shape index (κ1) is 10.1. The summed E-state index contributed by atoms with van der Waals surface area (Å²) in [5.74, 6) is -4.18. The molecule has 0 spiro atoms. The molecule has 62 valence electrons. The Kier molecular flexibility index (Phi) is 4.08. The Bertz CT molecular complexity index is 93.6. The van der Waals surface area contributed by atoms with E-state index in [9.17, 15) is 17.6 Å². The molecule has 0 N–H and O–H groups in total. The minimum atomic E-state index is -3.82. The number of alkyl halides is 4. The normalized spacial score (nSPS) is 12.6. The van der Waals surface area contributed by atoms with Crippen LogP contribution in [0.1, 0.15) is 6.92 Å². The summed E-state index contributed by atoms with van der Waals surface area (Å²) < 4.78 is 46.7. The quantitative estimate of drug-likeness (QED) is 0.593. The van der Waals surface area contributed by atoms with Crippen LogP contribution < -0.4 is 0 Å². The lowest BCUT2D eigenvalue weighted by Crippen LogP contribution is -2.29. The molecule has 0 aromatic rings. The summed E-state index contributed by atoms with van der Waals surface area (Å²) in [6, 6.07) is 0. The summed E-state index contributed by atoms with van der Waals surface area (Å²) in [6.07, 6.45) is -3.54. The lowest BCUT2D eigenvalue weighted by molar-refractivity contribution is -0.109. The average Bonchev–Trinajstić information content (AvgIpc) is 1.84. The van der Waals surface area contributed by atoms with Gasteiger partial charge in [-0.25, -0.2) is 8.78 Å². The van der Waals surface area contributed by atoms with Gasteiger partial charge >= 0.3 is 12.3 Å². The second kappa shape index (κ2) is 4.05. The Morgan fingerprint density at radius 1 is 1.40 bits per heavy atom. The van der Waals surface area contributed by atoms with Crippen LogP contribution in [-0.2, 0) is 0 Å². The van der Waals surface area contributed by atoms with Gasteiger partial charge in [-0.15, -0.1) is 0 Å². The van der Waals surface area contributed by atoms with Gasteiger partial charge in [0.15, 0.2) is 0 Å². The first-order valence-electron chi connectivity index (χ1n) is 2.74. The molecule has 0 aliphatic rings. The summed E-state index contributed by atoms with van der Waals surface area (Å²) in [5, 5.41) is 0. The van der Waals surface area contributed by atoms with Crippen molar-refractivity contribution < 1.29 is 17.6 Å². The summed E-state index contributed by atoms with van der Waals surface area (Å²) >= 11 is 0.813. The Morgan fingerprint density at radius 3 is 2.20 bits per heavy atom. The highest BCUT2D eigenvalue weighted by Crippen LogP contribution is 2.26. The van der Waals surface area contributed by atoms with Gasteiger partial charge in [-0.2, -0.15) is 20.5 Å². The van der Waals surface area contributed by atoms with Gasteiger partial charge in [0.05, 0.1) is 5.75 Å². The Balaban J connectivity index is 3.63. The average molecular weight is 176 g/mol. The topological polar surface area (TPSA) is 0 Å². The first-order valence-corrected chi connectivity index (χ1v) is 3.90. The van der Waals surface area contributed by atoms with E-state index in [2.05, 4.69) is 0 Å². The van der Waals surface area contributed by atoms with Crippen LogP contribution in [-0.4, -0.2) is 23.9 Å². The molecule has 10 heavy (non-hydrogen) atoms. The first-order chi connectivity index (χ1) is 4.50. The van der Waals surface area contributed by atoms with Gasteiger partial charge in [0, 0.05) is 0 Å². The maximum atomic E-state index is 12.0. The van der Waals surface area contributed by atoms with E-state index >= 15 is 0 Å². The highest BCUT2D eigenvalue weighted by molar-refractivity contribution is 7.99. The van der Waals surface area contributed by atoms with E-state index in [1.165, 1.54) is 0 Å². The fourth-order valence-electron chi connectivity index (χ4n) is 0.301. The van der Waals surface area contributed by atoms with Crippen molar-refractivity contribution in [2.24, 2.45) is 0 Å². The van der Waals surface area contributed by atoms with Crippen molar-refractivity contribution in [2.75, 3.05) is 11.5 Å². The van der Waals surface area contributed by atoms with Crippen molar-refractivity contribution >= 4 is 11.8 Å². The van der Waals surface area contributed by atoms with Crippen LogP contribution in [0, 0.1) is 0 Å². The molecule has 0 aromatic carbocycles. The molecule has 0 bridgehead atoms. The van der Waals surface area contributed by atoms with E-state index in [1.807, 2.05) is 0 Å². The van der Waals surface area contributed by atoms with Gasteiger partial charge in [0.25, 0.3) is 0 Å². The van der Waals surface area contributed by atoms with Crippen LogP contribution in [0.3, 0.4) is 0 Å². The van der Waals surface area contributed by atoms with Gasteiger partial charge in [-0.3, -0.25) is 0 Å². The van der Waals surface area contributed by atoms with Crippen molar-refractivity contribution in [1.29, 1.82) is 0 Å². The molecule has 0 atom stereocenters. The summed E-state index contributed by atoms with van der Waals surface area (Å²) in [6.45, 7) is 1.65. The smallest absolute Gasteiger partial charge is 0.204 e. The van der Waals surface area contributed by atoms with Crippen LogP contribution in [0.15, 0.2) is 0 Å². The van der Waals surface area contributed by atoms with E-state index < -0.39 is 18.1 Å². The fourth-order valence-corrected chi connectivity index (χ4v) is 0.903. The van der Waals surface area contributed by atoms with E-state index in [1.54, 1.807) is 6.92 Å². The standard InChI is InChI=1S/C5H8F4S/c1-2-10-3-5(8,9)4(6)7/h4H,2-3H2,1H3. The Hall–Kier alpha value is 0.0700. The van der Waals surface area contributed by atoms with Crippen LogP contribution >= 0.6 is 11.8 Å². The van der Waals surface area contributed by atoms with E-state index in [0.717, 1.165) is 11.8 Å². The molecule has 0 radical (unpaired) electrons. The zero-order chi connectivity index (χ0) is 8.20. The molecule has 0 heterocycles. The lowest BCUT2D eigenvalue weighted by Gasteiger charge is -2.13. The molecule has 0 unspecified atom stereocenters. The van der Waals surface area contributed by atoms with E-state index in [0.29, 0.717) is 5.75 Å². The van der Waals surface area contributed by atoms with Crippen LogP contribution in [0.2, 0.25) is 0 Å². The maximum Gasteiger partial charge on any atom is 0.316 e. The highest BCUT2D eigenvalue weighted by Gasteiger charge is 2.39. The Morgan fingerprint density at radius 2 is 1.90 bits per heavy atom. The molecule has 0 aliphatic heterocycles. The molecule has 0 saturated heterocycles. The fraction of sp³-hybridized carbons (Fsp3) is 1.00. The maximum absolute atomic E-state index is 12.0. The van der Waals surface area contributed by atoms with Crippen molar-refractivity contribution in [1.82, 2.24) is 0 Å². The van der Waals surface area contributed by atoms with E-state index in [-0.39, 0.29) is 0 Å². The second-order valence-corrected chi connectivity index (χ2v) is 2.97. The number of hydrogen-bond acceptors (Lipinski definition) is 1. The highest BCUT2D eigenvalue weighted by atomic mass is 32.2. The van der Waals surface area contributed by atoms with Gasteiger partial charge < -0.3 is 0 Å². The largest absolute Gasteiger partial charge is 0.316 e. The van der Waals surface area contributed by atoms with Gasteiger partial charge in [-0.1, -0.05) is 6.92 Å². The molecule has 0 nitrogen and oxygen atoms in total. The van der Waals surface area contributed by atoms with Crippen molar-refractivity contribution in [3.8, 4) is 0 Å². The van der Waals surface area contributed by atoms with Crippen molar-refractivity contribution in [3.63, 3.8) is 0 Å². The molecular weight excluding hydrogens is 168 g/mol. The van der Waals surface area contributed by atoms with Crippen molar-refractivity contribution in [2.45, 2.75) is 19.3 Å². The molecule has 0 saturated carbocycles. The minimum Gasteiger partial charge on any atom is -0.204 e. The number of rotatable bonds is 4. The summed E-state index contributed by atoms with van der Waals surface area (Å²) in [7, 11) is 0. The predicted octanol–water partition coefficient (Wildman–Crippen LogP) is 2.64. The Labute approximate surface area is 61.0 Å². The molecule has 5 heteroatoms. The zero-order valence-corrected chi connectivity index (χ0v) is 6.23. The monoisotopic (exact) mass is 176 g/mol. The molecular formula is C5H8F4S. The number of thioether (sulfide) groups is 1. The SMILES string of the molecule is CCSCC(F)(F)C(F)F. The summed E-state index contributed by atoms with van der Waals surface area (Å²) in [5.41, 5.74) is 0. The molecule has 0 aromatic heterocycles. The van der Waals surface area contributed by atoms with Crippen LogP contribution in [0.5, 0.6) is 0 Å². The molecule has 0 fully saturated rings.